The third kappa shape index (κ3) is 4.03. The molecule has 1 heterocycles. The zero-order chi connectivity index (χ0) is 16.1. The van der Waals surface area contributed by atoms with Gasteiger partial charge in [-0.15, -0.1) is 11.3 Å². The van der Waals surface area contributed by atoms with Gasteiger partial charge in [0.2, 0.25) is 0 Å². The van der Waals surface area contributed by atoms with E-state index in [0.717, 1.165) is 11.3 Å². The molecule has 0 atom stereocenters. The highest BCUT2D eigenvalue weighted by atomic mass is 35.5. The van der Waals surface area contributed by atoms with Gasteiger partial charge in [0.15, 0.2) is 6.61 Å². The van der Waals surface area contributed by atoms with Crippen molar-refractivity contribution in [1.82, 2.24) is 0 Å². The fraction of sp³-hybridized carbons (Fsp3) is 0.0769. The van der Waals surface area contributed by atoms with Crippen LogP contribution in [0.5, 0.6) is 0 Å². The lowest BCUT2D eigenvalue weighted by atomic mass is 10.2. The van der Waals surface area contributed by atoms with E-state index < -0.39 is 23.4 Å². The molecular formula is C13H9ClN2O5S. The van der Waals surface area contributed by atoms with Crippen LogP contribution >= 0.6 is 22.9 Å². The maximum absolute atomic E-state index is 11.7. The number of nitro groups is 1. The average molecular weight is 341 g/mol. The summed E-state index contributed by atoms with van der Waals surface area (Å²) in [5.41, 5.74) is -0.208. The van der Waals surface area contributed by atoms with E-state index in [4.69, 9.17) is 16.3 Å². The summed E-state index contributed by atoms with van der Waals surface area (Å²) in [6, 6.07) is 8.69. The van der Waals surface area contributed by atoms with Gasteiger partial charge >= 0.3 is 5.97 Å². The van der Waals surface area contributed by atoms with Crippen LogP contribution in [0.15, 0.2) is 36.4 Å². The number of benzene rings is 1. The number of nitrogens with zero attached hydrogens (tertiary/aromatic N) is 1. The molecule has 2 aromatic rings. The van der Waals surface area contributed by atoms with Gasteiger partial charge in [0.25, 0.3) is 11.6 Å². The molecular weight excluding hydrogens is 332 g/mol. The zero-order valence-electron chi connectivity index (χ0n) is 10.9. The topological polar surface area (TPSA) is 98.5 Å². The van der Waals surface area contributed by atoms with E-state index in [0.29, 0.717) is 4.34 Å². The first kappa shape index (κ1) is 15.9. The van der Waals surface area contributed by atoms with Crippen LogP contribution in [-0.4, -0.2) is 23.4 Å². The first-order valence-electron chi connectivity index (χ1n) is 5.93. The highest BCUT2D eigenvalue weighted by Crippen LogP contribution is 2.23. The summed E-state index contributed by atoms with van der Waals surface area (Å²) in [4.78, 5) is 33.8. The second-order valence-electron chi connectivity index (χ2n) is 4.00. The molecule has 0 aliphatic heterocycles. The minimum absolute atomic E-state index is 0.0349. The number of amides is 1. The number of carbonyl (C=O) groups excluding carboxylic acids is 2. The number of hydrogen-bond donors (Lipinski definition) is 1. The number of thiophene rings is 1. The minimum Gasteiger partial charge on any atom is -0.451 e. The molecule has 0 fully saturated rings. The van der Waals surface area contributed by atoms with Gasteiger partial charge in [0.05, 0.1) is 9.26 Å². The van der Waals surface area contributed by atoms with E-state index in [2.05, 4.69) is 5.32 Å². The Kier molecular flexibility index (Phi) is 5.08. The standard InChI is InChI=1S/C13H9ClN2O5S/c14-11-6-5-10(22-11)13(18)21-7-12(17)15-8-3-1-2-4-9(8)16(19)20/h1-6H,7H2,(H,15,17). The van der Waals surface area contributed by atoms with E-state index in [1.165, 1.54) is 30.3 Å². The molecule has 0 radical (unpaired) electrons. The van der Waals surface area contributed by atoms with Crippen LogP contribution in [0.3, 0.4) is 0 Å². The number of carbonyl (C=O) groups is 2. The first-order chi connectivity index (χ1) is 10.5. The van der Waals surface area contributed by atoms with Gasteiger partial charge in [-0.25, -0.2) is 4.79 Å². The zero-order valence-corrected chi connectivity index (χ0v) is 12.5. The Hall–Kier alpha value is -2.45. The summed E-state index contributed by atoms with van der Waals surface area (Å²) in [6.07, 6.45) is 0. The third-order valence-electron chi connectivity index (χ3n) is 2.48. The molecule has 1 aromatic heterocycles. The molecule has 0 bridgehead atoms. The molecule has 114 valence electrons. The van der Waals surface area contributed by atoms with Gasteiger partial charge in [0, 0.05) is 6.07 Å². The van der Waals surface area contributed by atoms with Crippen LogP contribution in [0, 0.1) is 10.1 Å². The van der Waals surface area contributed by atoms with E-state index >= 15 is 0 Å². The van der Waals surface area contributed by atoms with Gasteiger partial charge in [-0.05, 0) is 18.2 Å². The molecule has 0 spiro atoms. The van der Waals surface area contributed by atoms with Crippen molar-refractivity contribution in [3.05, 3.63) is 55.7 Å². The van der Waals surface area contributed by atoms with Gasteiger partial charge in [-0.2, -0.15) is 0 Å². The molecule has 0 aliphatic carbocycles. The van der Waals surface area contributed by atoms with Gasteiger partial charge < -0.3 is 10.1 Å². The lowest BCUT2D eigenvalue weighted by Crippen LogP contribution is -2.21. The highest BCUT2D eigenvalue weighted by Gasteiger charge is 2.16. The SMILES string of the molecule is O=C(COC(=O)c1ccc(Cl)s1)Nc1ccccc1[N+](=O)[O-]. The van der Waals surface area contributed by atoms with E-state index in [1.807, 2.05) is 0 Å². The molecule has 1 aromatic carbocycles. The predicted molar refractivity (Wildman–Crippen MR) is 81.3 cm³/mol. The molecule has 0 saturated carbocycles. The Balaban J connectivity index is 1.94. The van der Waals surface area contributed by atoms with Crippen LogP contribution in [0.1, 0.15) is 9.67 Å². The van der Waals surface area contributed by atoms with Crippen molar-refractivity contribution in [2.45, 2.75) is 0 Å². The van der Waals surface area contributed by atoms with E-state index in [1.54, 1.807) is 6.07 Å². The Morgan fingerprint density at radius 3 is 2.64 bits per heavy atom. The third-order valence-corrected chi connectivity index (χ3v) is 3.69. The van der Waals surface area contributed by atoms with Crippen LogP contribution in [0.25, 0.3) is 0 Å². The number of rotatable bonds is 5. The lowest BCUT2D eigenvalue weighted by Gasteiger charge is -2.06. The fourth-order valence-corrected chi connectivity index (χ4v) is 2.49. The molecule has 0 aliphatic rings. The van der Waals surface area contributed by atoms with Crippen molar-refractivity contribution >= 4 is 46.2 Å². The largest absolute Gasteiger partial charge is 0.451 e. The summed E-state index contributed by atoms with van der Waals surface area (Å²) in [6.45, 7) is -0.555. The van der Waals surface area contributed by atoms with Crippen molar-refractivity contribution in [1.29, 1.82) is 0 Å². The van der Waals surface area contributed by atoms with E-state index in [9.17, 15) is 19.7 Å². The predicted octanol–water partition coefficient (Wildman–Crippen LogP) is 3.11. The number of esters is 1. The summed E-state index contributed by atoms with van der Waals surface area (Å²) in [7, 11) is 0. The van der Waals surface area contributed by atoms with Crippen LogP contribution in [0.4, 0.5) is 11.4 Å². The fourth-order valence-electron chi connectivity index (χ4n) is 1.55. The summed E-state index contributed by atoms with van der Waals surface area (Å²) < 4.78 is 5.23. The molecule has 2 rings (SSSR count). The van der Waals surface area contributed by atoms with E-state index in [-0.39, 0.29) is 16.3 Å². The molecule has 9 heteroatoms. The number of halogens is 1. The smallest absolute Gasteiger partial charge is 0.348 e. The highest BCUT2D eigenvalue weighted by molar-refractivity contribution is 7.17. The maximum Gasteiger partial charge on any atom is 0.348 e. The quantitative estimate of drug-likeness (QED) is 0.512. The van der Waals surface area contributed by atoms with Gasteiger partial charge in [-0.1, -0.05) is 23.7 Å². The second-order valence-corrected chi connectivity index (χ2v) is 5.72. The number of anilines is 1. The number of nitrogens with one attached hydrogen (secondary N) is 1. The molecule has 22 heavy (non-hydrogen) atoms. The summed E-state index contributed by atoms with van der Waals surface area (Å²) in [5, 5.41) is 13.1. The number of hydrogen-bond acceptors (Lipinski definition) is 6. The minimum atomic E-state index is -0.686. The molecule has 0 saturated heterocycles. The van der Waals surface area contributed by atoms with Gasteiger partial charge in [0.1, 0.15) is 10.6 Å². The van der Waals surface area contributed by atoms with Crippen LogP contribution < -0.4 is 5.32 Å². The van der Waals surface area contributed by atoms with Crippen LogP contribution in [-0.2, 0) is 9.53 Å². The molecule has 1 amide bonds. The first-order valence-corrected chi connectivity index (χ1v) is 7.12. The normalized spacial score (nSPS) is 10.0. The lowest BCUT2D eigenvalue weighted by molar-refractivity contribution is -0.383. The molecule has 7 nitrogen and oxygen atoms in total. The Labute approximate surface area is 133 Å². The summed E-state index contributed by atoms with van der Waals surface area (Å²) in [5.74, 6) is -1.36. The number of ether oxygens (including phenoxy) is 1. The van der Waals surface area contributed by atoms with Crippen molar-refractivity contribution < 1.29 is 19.2 Å². The Morgan fingerprint density at radius 2 is 2.00 bits per heavy atom. The van der Waals surface area contributed by atoms with Crippen molar-refractivity contribution in [3.8, 4) is 0 Å². The number of nitro benzene ring substituents is 1. The van der Waals surface area contributed by atoms with Crippen LogP contribution in [0.2, 0.25) is 4.34 Å². The molecule has 0 unspecified atom stereocenters. The summed E-state index contributed by atoms with van der Waals surface area (Å²) >= 11 is 6.72. The Bertz CT molecular complexity index is 731. The van der Waals surface area contributed by atoms with Crippen molar-refractivity contribution in [3.63, 3.8) is 0 Å². The number of para-hydroxylation sites is 2. The molecule has 1 N–H and O–H groups in total. The van der Waals surface area contributed by atoms with Crippen molar-refractivity contribution in [2.75, 3.05) is 11.9 Å². The maximum atomic E-state index is 11.7. The Morgan fingerprint density at radius 1 is 1.27 bits per heavy atom. The monoisotopic (exact) mass is 340 g/mol. The van der Waals surface area contributed by atoms with Crippen molar-refractivity contribution in [2.24, 2.45) is 0 Å². The average Bonchev–Trinajstić information content (AvgIpc) is 2.92. The second kappa shape index (κ2) is 7.01. The van der Waals surface area contributed by atoms with Gasteiger partial charge in [-0.3, -0.25) is 14.9 Å².